The number of hydrogen-bond acceptors (Lipinski definition) is 2. The number of halogens is 3. The first kappa shape index (κ1) is 14.3. The van der Waals surface area contributed by atoms with Crippen molar-refractivity contribution in [1.82, 2.24) is 4.90 Å². The lowest BCUT2D eigenvalue weighted by molar-refractivity contribution is 0.259. The summed E-state index contributed by atoms with van der Waals surface area (Å²) in [7, 11) is 0. The topological polar surface area (TPSA) is 6.48 Å². The highest BCUT2D eigenvalue weighted by Gasteiger charge is 2.17. The van der Waals surface area contributed by atoms with Gasteiger partial charge in [-0.25, -0.2) is 0 Å². The molecule has 0 aromatic heterocycles. The smallest absolute Gasteiger partial charge is 0.0612 e. The lowest BCUT2D eigenvalue weighted by Crippen LogP contribution is -2.46. The number of benzene rings is 1. The first-order valence-electron chi connectivity index (χ1n) is 6.19. The van der Waals surface area contributed by atoms with E-state index in [1.54, 1.807) is 0 Å². The molecule has 0 atom stereocenters. The summed E-state index contributed by atoms with van der Waals surface area (Å²) in [6, 6.07) is 5.83. The summed E-state index contributed by atoms with van der Waals surface area (Å²) in [4.78, 5) is 4.80. The lowest BCUT2D eigenvalue weighted by Gasteiger charge is -2.36. The van der Waals surface area contributed by atoms with Gasteiger partial charge in [-0.05, 0) is 31.2 Å². The highest BCUT2D eigenvalue weighted by atomic mass is 35.5. The molecule has 0 amide bonds. The van der Waals surface area contributed by atoms with Crippen molar-refractivity contribution < 1.29 is 0 Å². The minimum atomic E-state index is 0.612. The molecule has 18 heavy (non-hydrogen) atoms. The molecule has 0 saturated carbocycles. The van der Waals surface area contributed by atoms with E-state index in [1.807, 2.05) is 18.2 Å². The van der Waals surface area contributed by atoms with Crippen molar-refractivity contribution in [3.8, 4) is 0 Å². The molecular weight excluding hydrogens is 291 g/mol. The maximum absolute atomic E-state index is 6.05. The largest absolute Gasteiger partial charge is 0.369 e. The Balaban J connectivity index is 1.90. The number of hydrogen-bond donors (Lipinski definition) is 0. The maximum atomic E-state index is 6.05. The predicted molar refractivity (Wildman–Crippen MR) is 80.5 cm³/mol. The Kier molecular flexibility index (Phi) is 5.43. The standard InChI is InChI=1S/C13H17Cl3N2/c14-4-1-5-17-6-8-18(9-7-17)11-2-3-12(15)13(16)10-11/h2-3,10H,1,4-9H2. The van der Waals surface area contributed by atoms with E-state index in [-0.39, 0.29) is 0 Å². The summed E-state index contributed by atoms with van der Waals surface area (Å²) in [6.45, 7) is 5.31. The molecule has 1 aliphatic heterocycles. The van der Waals surface area contributed by atoms with Gasteiger partial charge in [0.2, 0.25) is 0 Å². The average Bonchev–Trinajstić information content (AvgIpc) is 2.40. The van der Waals surface area contributed by atoms with Crippen molar-refractivity contribution >= 4 is 40.5 Å². The molecular formula is C13H17Cl3N2. The quantitative estimate of drug-likeness (QED) is 0.782. The van der Waals surface area contributed by atoms with Crippen molar-refractivity contribution in [2.24, 2.45) is 0 Å². The van der Waals surface area contributed by atoms with Gasteiger partial charge in [0.1, 0.15) is 0 Å². The first-order valence-corrected chi connectivity index (χ1v) is 7.48. The van der Waals surface area contributed by atoms with Crippen LogP contribution in [0.25, 0.3) is 0 Å². The Morgan fingerprint density at radius 2 is 1.72 bits per heavy atom. The molecule has 1 aliphatic rings. The van der Waals surface area contributed by atoms with Gasteiger partial charge >= 0.3 is 0 Å². The van der Waals surface area contributed by atoms with Crippen molar-refractivity contribution in [2.75, 3.05) is 43.5 Å². The van der Waals surface area contributed by atoms with Crippen LogP contribution in [0.4, 0.5) is 5.69 Å². The first-order chi connectivity index (χ1) is 8.70. The van der Waals surface area contributed by atoms with E-state index in [4.69, 9.17) is 34.8 Å². The highest BCUT2D eigenvalue weighted by Crippen LogP contribution is 2.27. The zero-order valence-corrected chi connectivity index (χ0v) is 12.5. The lowest BCUT2D eigenvalue weighted by atomic mass is 10.2. The zero-order valence-electron chi connectivity index (χ0n) is 10.2. The molecule has 2 nitrogen and oxygen atoms in total. The Labute approximate surface area is 123 Å². The molecule has 1 fully saturated rings. The highest BCUT2D eigenvalue weighted by molar-refractivity contribution is 6.42. The summed E-state index contributed by atoms with van der Waals surface area (Å²) in [5.41, 5.74) is 1.15. The van der Waals surface area contributed by atoms with E-state index < -0.39 is 0 Å². The van der Waals surface area contributed by atoms with Crippen LogP contribution in [0.1, 0.15) is 6.42 Å². The van der Waals surface area contributed by atoms with Crippen molar-refractivity contribution in [3.63, 3.8) is 0 Å². The number of rotatable bonds is 4. The monoisotopic (exact) mass is 306 g/mol. The molecule has 1 saturated heterocycles. The van der Waals surface area contributed by atoms with Crippen LogP contribution in [0.15, 0.2) is 18.2 Å². The van der Waals surface area contributed by atoms with Crippen LogP contribution in [0.2, 0.25) is 10.0 Å². The third kappa shape index (κ3) is 3.67. The summed E-state index contributed by atoms with van der Waals surface area (Å²) in [6.07, 6.45) is 1.06. The van der Waals surface area contributed by atoms with Gasteiger partial charge in [-0.15, -0.1) is 11.6 Å². The molecule has 0 unspecified atom stereocenters. The van der Waals surface area contributed by atoms with Crippen LogP contribution in [-0.2, 0) is 0 Å². The molecule has 2 rings (SSSR count). The summed E-state index contributed by atoms with van der Waals surface area (Å²) in [5, 5.41) is 1.24. The van der Waals surface area contributed by atoms with E-state index in [0.717, 1.165) is 50.7 Å². The Bertz CT molecular complexity index is 390. The number of piperazine rings is 1. The van der Waals surface area contributed by atoms with Crippen LogP contribution in [-0.4, -0.2) is 43.5 Å². The predicted octanol–water partition coefficient (Wildman–Crippen LogP) is 3.74. The average molecular weight is 308 g/mol. The molecule has 0 spiro atoms. The Morgan fingerprint density at radius 1 is 1.00 bits per heavy atom. The third-order valence-corrected chi connectivity index (χ3v) is 4.25. The Morgan fingerprint density at radius 3 is 2.33 bits per heavy atom. The van der Waals surface area contributed by atoms with Gasteiger partial charge in [-0.3, -0.25) is 4.90 Å². The normalized spacial score (nSPS) is 17.2. The fourth-order valence-electron chi connectivity index (χ4n) is 2.19. The zero-order chi connectivity index (χ0) is 13.0. The van der Waals surface area contributed by atoms with Crippen LogP contribution in [0, 0.1) is 0 Å². The van der Waals surface area contributed by atoms with Gasteiger partial charge in [-0.1, -0.05) is 23.2 Å². The molecule has 1 aromatic rings. The molecule has 0 bridgehead atoms. The number of alkyl halides is 1. The minimum Gasteiger partial charge on any atom is -0.369 e. The van der Waals surface area contributed by atoms with E-state index in [1.165, 1.54) is 0 Å². The molecule has 1 aromatic carbocycles. The second-order valence-electron chi connectivity index (χ2n) is 4.47. The van der Waals surface area contributed by atoms with Crippen molar-refractivity contribution in [1.29, 1.82) is 0 Å². The van der Waals surface area contributed by atoms with Crippen LogP contribution in [0.3, 0.4) is 0 Å². The molecule has 0 aliphatic carbocycles. The van der Waals surface area contributed by atoms with Gasteiger partial charge in [0.15, 0.2) is 0 Å². The molecule has 100 valence electrons. The maximum Gasteiger partial charge on any atom is 0.0612 e. The second kappa shape index (κ2) is 6.85. The van der Waals surface area contributed by atoms with Crippen LogP contribution < -0.4 is 4.90 Å². The van der Waals surface area contributed by atoms with E-state index in [2.05, 4.69) is 9.80 Å². The molecule has 0 N–H and O–H groups in total. The van der Waals surface area contributed by atoms with E-state index >= 15 is 0 Å². The molecule has 0 radical (unpaired) electrons. The Hall–Kier alpha value is -0.150. The van der Waals surface area contributed by atoms with Gasteiger partial charge in [0.05, 0.1) is 10.0 Å². The summed E-state index contributed by atoms with van der Waals surface area (Å²) < 4.78 is 0. The summed E-state index contributed by atoms with van der Waals surface area (Å²) >= 11 is 17.7. The SMILES string of the molecule is ClCCCN1CCN(c2ccc(Cl)c(Cl)c2)CC1. The minimum absolute atomic E-state index is 0.612. The summed E-state index contributed by atoms with van der Waals surface area (Å²) in [5.74, 6) is 0.743. The number of anilines is 1. The number of nitrogens with zero attached hydrogens (tertiary/aromatic N) is 2. The van der Waals surface area contributed by atoms with Crippen LogP contribution >= 0.6 is 34.8 Å². The van der Waals surface area contributed by atoms with Crippen molar-refractivity contribution in [2.45, 2.75) is 6.42 Å². The van der Waals surface area contributed by atoms with Gasteiger partial charge < -0.3 is 4.90 Å². The van der Waals surface area contributed by atoms with E-state index in [0.29, 0.717) is 10.0 Å². The van der Waals surface area contributed by atoms with E-state index in [9.17, 15) is 0 Å². The van der Waals surface area contributed by atoms with Crippen molar-refractivity contribution in [3.05, 3.63) is 28.2 Å². The van der Waals surface area contributed by atoms with Gasteiger partial charge in [0.25, 0.3) is 0 Å². The van der Waals surface area contributed by atoms with Gasteiger partial charge in [-0.2, -0.15) is 0 Å². The fourth-order valence-corrected chi connectivity index (χ4v) is 2.61. The second-order valence-corrected chi connectivity index (χ2v) is 5.66. The molecule has 1 heterocycles. The molecule has 5 heteroatoms. The van der Waals surface area contributed by atoms with Crippen LogP contribution in [0.5, 0.6) is 0 Å². The van der Waals surface area contributed by atoms with Gasteiger partial charge in [0, 0.05) is 37.7 Å². The fraction of sp³-hybridized carbons (Fsp3) is 0.538. The third-order valence-electron chi connectivity index (χ3n) is 3.25.